The Balaban J connectivity index is 1.93. The van der Waals surface area contributed by atoms with Gasteiger partial charge in [0.1, 0.15) is 0 Å². The second-order valence-electron chi connectivity index (χ2n) is 6.90. The summed E-state index contributed by atoms with van der Waals surface area (Å²) in [5.74, 6) is 0.119. The molecule has 2 fully saturated rings. The molecule has 1 amide bonds. The van der Waals surface area contributed by atoms with Gasteiger partial charge in [-0.1, -0.05) is 18.7 Å². The van der Waals surface area contributed by atoms with Crippen molar-refractivity contribution in [2.24, 2.45) is 4.99 Å². The Hall–Kier alpha value is -1.54. The molecule has 0 unspecified atom stereocenters. The first-order valence-electron chi connectivity index (χ1n) is 9.51. The van der Waals surface area contributed by atoms with E-state index in [1.165, 1.54) is 11.8 Å². The highest BCUT2D eigenvalue weighted by atomic mass is 32.2. The predicted molar refractivity (Wildman–Crippen MR) is 114 cm³/mol. The van der Waals surface area contributed by atoms with Gasteiger partial charge < -0.3 is 9.80 Å². The third-order valence-electron chi connectivity index (χ3n) is 5.01. The van der Waals surface area contributed by atoms with E-state index < -0.39 is 9.84 Å². The molecule has 148 valence electrons. The maximum Gasteiger partial charge on any atom is 0.248 e. The molecule has 1 aromatic rings. The fourth-order valence-corrected chi connectivity index (χ4v) is 7.59. The smallest absolute Gasteiger partial charge is 0.248 e. The van der Waals surface area contributed by atoms with E-state index in [1.54, 1.807) is 0 Å². The highest BCUT2D eigenvalue weighted by Crippen LogP contribution is 2.41. The van der Waals surface area contributed by atoms with Crippen LogP contribution in [0.1, 0.15) is 33.6 Å². The summed E-state index contributed by atoms with van der Waals surface area (Å²) in [6.07, 6.45) is 1.16. The molecule has 0 radical (unpaired) electrons. The summed E-state index contributed by atoms with van der Waals surface area (Å²) in [6.45, 7) is 8.04. The first-order valence-corrected chi connectivity index (χ1v) is 12.2. The average molecular weight is 410 g/mol. The molecule has 2 atom stereocenters. The van der Waals surface area contributed by atoms with Crippen LogP contribution in [-0.4, -0.2) is 55.4 Å². The molecule has 0 aliphatic carbocycles. The summed E-state index contributed by atoms with van der Waals surface area (Å²) in [7, 11) is -3.05. The third-order valence-corrected chi connectivity index (χ3v) is 8.22. The SMILES string of the molecule is CCCC(=O)N=C1S[C@H]2CS(=O)(=O)C[C@H]2N1c1ccc(N(CC)CC)cc1. The van der Waals surface area contributed by atoms with E-state index in [0.717, 1.165) is 30.9 Å². The molecule has 0 bridgehead atoms. The number of aliphatic imine (C=N–C) groups is 1. The molecule has 2 saturated heterocycles. The molecule has 2 aliphatic heterocycles. The molecule has 8 heteroatoms. The summed E-state index contributed by atoms with van der Waals surface area (Å²) < 4.78 is 24.2. The van der Waals surface area contributed by atoms with Crippen LogP contribution in [-0.2, 0) is 14.6 Å². The lowest BCUT2D eigenvalue weighted by atomic mass is 10.2. The van der Waals surface area contributed by atoms with Crippen molar-refractivity contribution < 1.29 is 13.2 Å². The van der Waals surface area contributed by atoms with E-state index in [-0.39, 0.29) is 28.7 Å². The number of hydrogen-bond acceptors (Lipinski definition) is 5. The van der Waals surface area contributed by atoms with E-state index in [9.17, 15) is 13.2 Å². The quantitative estimate of drug-likeness (QED) is 0.719. The Labute approximate surface area is 165 Å². The second kappa shape index (κ2) is 8.22. The lowest BCUT2D eigenvalue weighted by Gasteiger charge is -2.26. The highest BCUT2D eigenvalue weighted by molar-refractivity contribution is 8.16. The minimum atomic E-state index is -3.05. The van der Waals surface area contributed by atoms with Gasteiger partial charge in [0.15, 0.2) is 15.0 Å². The van der Waals surface area contributed by atoms with Crippen molar-refractivity contribution in [1.29, 1.82) is 0 Å². The number of hydrogen-bond donors (Lipinski definition) is 0. The highest BCUT2D eigenvalue weighted by Gasteiger charge is 2.49. The molecule has 0 N–H and O–H groups in total. The van der Waals surface area contributed by atoms with E-state index in [1.807, 2.05) is 24.0 Å². The number of carbonyl (C=O) groups is 1. The summed E-state index contributed by atoms with van der Waals surface area (Å²) in [5.41, 5.74) is 2.03. The Kier molecular flexibility index (Phi) is 6.15. The van der Waals surface area contributed by atoms with Crippen LogP contribution >= 0.6 is 11.8 Å². The molecule has 0 saturated carbocycles. The fourth-order valence-electron chi connectivity index (χ4n) is 3.66. The number of sulfone groups is 1. The van der Waals surface area contributed by atoms with E-state index in [0.29, 0.717) is 11.6 Å². The van der Waals surface area contributed by atoms with Gasteiger partial charge in [0.25, 0.3) is 0 Å². The number of anilines is 2. The van der Waals surface area contributed by atoms with Gasteiger partial charge in [-0.25, -0.2) is 8.42 Å². The zero-order valence-electron chi connectivity index (χ0n) is 16.1. The van der Waals surface area contributed by atoms with E-state index in [4.69, 9.17) is 0 Å². The normalized spacial score (nSPS) is 25.0. The molecule has 6 nitrogen and oxygen atoms in total. The second-order valence-corrected chi connectivity index (χ2v) is 10.3. The number of benzene rings is 1. The number of thioether (sulfide) groups is 1. The number of carbonyl (C=O) groups excluding carboxylic acids is 1. The molecule has 3 rings (SSSR count). The maximum atomic E-state index is 12.1. The Morgan fingerprint density at radius 3 is 2.44 bits per heavy atom. The van der Waals surface area contributed by atoms with Crippen LogP contribution in [0.3, 0.4) is 0 Å². The molecule has 0 spiro atoms. The van der Waals surface area contributed by atoms with Gasteiger partial charge in [0.2, 0.25) is 5.91 Å². The maximum absolute atomic E-state index is 12.1. The monoisotopic (exact) mass is 409 g/mol. The fraction of sp³-hybridized carbons (Fsp3) is 0.579. The minimum Gasteiger partial charge on any atom is -0.372 e. The van der Waals surface area contributed by atoms with Gasteiger partial charge in [-0.05, 0) is 44.5 Å². The van der Waals surface area contributed by atoms with Crippen molar-refractivity contribution in [3.05, 3.63) is 24.3 Å². The minimum absolute atomic E-state index is 0.0642. The van der Waals surface area contributed by atoms with E-state index in [2.05, 4.69) is 35.9 Å². The van der Waals surface area contributed by atoms with Crippen molar-refractivity contribution >= 4 is 44.0 Å². The van der Waals surface area contributed by atoms with Crippen LogP contribution in [0.2, 0.25) is 0 Å². The van der Waals surface area contributed by atoms with E-state index >= 15 is 0 Å². The molecule has 2 aliphatic rings. The third kappa shape index (κ3) is 4.32. The summed E-state index contributed by atoms with van der Waals surface area (Å²) >= 11 is 1.43. The standard InChI is InChI=1S/C19H27N3O3S2/c1-4-7-18(23)20-19-22(16-12-27(24,25)13-17(16)26-19)15-10-8-14(9-11-15)21(5-2)6-3/h8-11,16-17H,4-7,12-13H2,1-3H3/t16-,17+/m1/s1. The summed E-state index contributed by atoms with van der Waals surface area (Å²) in [4.78, 5) is 20.6. The van der Waals surface area contributed by atoms with Gasteiger partial charge >= 0.3 is 0 Å². The van der Waals surface area contributed by atoms with Gasteiger partial charge in [0, 0.05) is 36.1 Å². The largest absolute Gasteiger partial charge is 0.372 e. The van der Waals surface area contributed by atoms with Crippen LogP contribution in [0, 0.1) is 0 Å². The van der Waals surface area contributed by atoms with Crippen LogP contribution in [0.4, 0.5) is 11.4 Å². The topological polar surface area (TPSA) is 70.0 Å². The molecule has 2 heterocycles. The zero-order valence-corrected chi connectivity index (χ0v) is 17.7. The van der Waals surface area contributed by atoms with Crippen LogP contribution < -0.4 is 9.80 Å². The Bertz CT molecular complexity index is 817. The molecule has 27 heavy (non-hydrogen) atoms. The Morgan fingerprint density at radius 2 is 1.85 bits per heavy atom. The van der Waals surface area contributed by atoms with Crippen molar-refractivity contribution in [3.8, 4) is 0 Å². The van der Waals surface area contributed by atoms with Gasteiger partial charge in [-0.2, -0.15) is 4.99 Å². The first-order chi connectivity index (χ1) is 12.9. The molecular formula is C19H27N3O3S2. The lowest BCUT2D eigenvalue weighted by Crippen LogP contribution is -2.37. The van der Waals surface area contributed by atoms with Crippen molar-refractivity contribution in [2.75, 3.05) is 34.4 Å². The number of fused-ring (bicyclic) bond motifs is 1. The predicted octanol–water partition coefficient (Wildman–Crippen LogP) is 2.93. The Morgan fingerprint density at radius 1 is 1.19 bits per heavy atom. The lowest BCUT2D eigenvalue weighted by molar-refractivity contribution is -0.117. The van der Waals surface area contributed by atoms with Gasteiger partial charge in [-0.3, -0.25) is 4.79 Å². The average Bonchev–Trinajstić information content (AvgIpc) is 3.07. The number of nitrogens with zero attached hydrogens (tertiary/aromatic N) is 3. The molecule has 0 aromatic heterocycles. The zero-order chi connectivity index (χ0) is 19.6. The van der Waals surface area contributed by atoms with Crippen LogP contribution in [0.25, 0.3) is 0 Å². The van der Waals surface area contributed by atoms with Crippen LogP contribution in [0.5, 0.6) is 0 Å². The summed E-state index contributed by atoms with van der Waals surface area (Å²) in [6, 6.07) is 7.94. The van der Waals surface area contributed by atoms with Crippen molar-refractivity contribution in [1.82, 2.24) is 0 Å². The number of rotatable bonds is 6. The number of amides is 1. The first kappa shape index (κ1) is 20.2. The van der Waals surface area contributed by atoms with Crippen molar-refractivity contribution in [2.45, 2.75) is 44.9 Å². The summed E-state index contributed by atoms with van der Waals surface area (Å²) in [5, 5.41) is 0.569. The van der Waals surface area contributed by atoms with Gasteiger partial charge in [0.05, 0.1) is 17.5 Å². The van der Waals surface area contributed by atoms with Gasteiger partial charge in [-0.15, -0.1) is 0 Å². The molecule has 1 aromatic carbocycles. The van der Waals surface area contributed by atoms with Crippen LogP contribution in [0.15, 0.2) is 29.3 Å². The molecular weight excluding hydrogens is 382 g/mol. The van der Waals surface area contributed by atoms with Crippen molar-refractivity contribution in [3.63, 3.8) is 0 Å². The number of amidine groups is 1.